The normalized spacial score (nSPS) is 25.3. The summed E-state index contributed by atoms with van der Waals surface area (Å²) >= 11 is 0. The molecular weight excluding hydrogens is 228 g/mol. The number of morpholine rings is 1. The van der Waals surface area contributed by atoms with Crippen LogP contribution in [0.3, 0.4) is 0 Å². The molecule has 2 unspecified atom stereocenters. The number of carbonyl (C=O) groups is 1. The first kappa shape index (κ1) is 15.4. The second kappa shape index (κ2) is 6.53. The van der Waals surface area contributed by atoms with Gasteiger partial charge in [-0.1, -0.05) is 6.92 Å². The van der Waals surface area contributed by atoms with Crippen LogP contribution in [0.25, 0.3) is 0 Å². The van der Waals surface area contributed by atoms with E-state index >= 15 is 0 Å². The minimum absolute atomic E-state index is 0.0722. The van der Waals surface area contributed by atoms with Crippen LogP contribution in [0, 0.1) is 0 Å². The quantitative estimate of drug-likeness (QED) is 0.834. The van der Waals surface area contributed by atoms with Gasteiger partial charge in [0.25, 0.3) is 0 Å². The molecule has 1 aliphatic heterocycles. The summed E-state index contributed by atoms with van der Waals surface area (Å²) in [5.74, 6) is 0.244. The number of nitrogens with one attached hydrogen (secondary N) is 1. The summed E-state index contributed by atoms with van der Waals surface area (Å²) in [6.45, 7) is 12.6. The molecule has 1 saturated heterocycles. The molecule has 0 aromatic heterocycles. The predicted octanol–water partition coefficient (Wildman–Crippen LogP) is 1.79. The lowest BCUT2D eigenvalue weighted by Gasteiger charge is -2.38. The van der Waals surface area contributed by atoms with E-state index in [1.807, 2.05) is 11.8 Å². The molecule has 1 aliphatic rings. The summed E-state index contributed by atoms with van der Waals surface area (Å²) in [6.07, 6.45) is 1.69. The number of hydrogen-bond acceptors (Lipinski definition) is 3. The van der Waals surface area contributed by atoms with E-state index in [2.05, 4.69) is 33.0 Å². The summed E-state index contributed by atoms with van der Waals surface area (Å²) in [6, 6.07) is 0.253. The Balaban J connectivity index is 2.43. The smallest absolute Gasteiger partial charge is 0.224 e. The summed E-state index contributed by atoms with van der Waals surface area (Å²) < 4.78 is 5.61. The number of hydrogen-bond donors (Lipinski definition) is 1. The maximum atomic E-state index is 12.2. The van der Waals surface area contributed by atoms with Gasteiger partial charge in [0.15, 0.2) is 0 Å². The standard InChI is InChI=1S/C14H28N2O2/c1-6-12-10-18-11(2)9-16(12)13(17)7-8-15-14(3,4)5/h11-12,15H,6-10H2,1-5H3. The Labute approximate surface area is 111 Å². The monoisotopic (exact) mass is 256 g/mol. The highest BCUT2D eigenvalue weighted by molar-refractivity contribution is 5.76. The molecule has 0 radical (unpaired) electrons. The van der Waals surface area contributed by atoms with Crippen molar-refractivity contribution in [3.8, 4) is 0 Å². The van der Waals surface area contributed by atoms with Crippen molar-refractivity contribution in [3.63, 3.8) is 0 Å². The van der Waals surface area contributed by atoms with E-state index in [0.717, 1.165) is 19.5 Å². The van der Waals surface area contributed by atoms with Gasteiger partial charge in [0.05, 0.1) is 18.8 Å². The summed E-state index contributed by atoms with van der Waals surface area (Å²) in [7, 11) is 0. The third-order valence-electron chi connectivity index (χ3n) is 3.25. The van der Waals surface area contributed by atoms with Crippen molar-refractivity contribution in [2.75, 3.05) is 19.7 Å². The minimum atomic E-state index is 0.0722. The maximum Gasteiger partial charge on any atom is 0.224 e. The molecule has 1 amide bonds. The number of carbonyl (C=O) groups excluding carboxylic acids is 1. The highest BCUT2D eigenvalue weighted by atomic mass is 16.5. The van der Waals surface area contributed by atoms with Crippen molar-refractivity contribution >= 4 is 5.91 Å². The fourth-order valence-corrected chi connectivity index (χ4v) is 2.18. The summed E-state index contributed by atoms with van der Waals surface area (Å²) in [5.41, 5.74) is 0.0722. The maximum absolute atomic E-state index is 12.2. The molecule has 2 atom stereocenters. The van der Waals surface area contributed by atoms with Gasteiger partial charge >= 0.3 is 0 Å². The molecule has 18 heavy (non-hydrogen) atoms. The van der Waals surface area contributed by atoms with Gasteiger partial charge < -0.3 is 15.0 Å². The van der Waals surface area contributed by atoms with E-state index in [1.165, 1.54) is 0 Å². The van der Waals surface area contributed by atoms with Gasteiger partial charge in [0.1, 0.15) is 0 Å². The number of rotatable bonds is 4. The van der Waals surface area contributed by atoms with Crippen molar-refractivity contribution in [1.82, 2.24) is 10.2 Å². The Morgan fingerprint density at radius 2 is 2.11 bits per heavy atom. The average molecular weight is 256 g/mol. The molecule has 1 rings (SSSR count). The van der Waals surface area contributed by atoms with Crippen molar-refractivity contribution in [3.05, 3.63) is 0 Å². The molecule has 0 aliphatic carbocycles. The highest BCUT2D eigenvalue weighted by Gasteiger charge is 2.28. The molecule has 4 nitrogen and oxygen atoms in total. The third-order valence-corrected chi connectivity index (χ3v) is 3.25. The van der Waals surface area contributed by atoms with Crippen molar-refractivity contribution in [2.45, 2.75) is 65.1 Å². The third kappa shape index (κ3) is 4.94. The van der Waals surface area contributed by atoms with Gasteiger partial charge in [-0.25, -0.2) is 0 Å². The van der Waals surface area contributed by atoms with Crippen LogP contribution in [0.15, 0.2) is 0 Å². The van der Waals surface area contributed by atoms with E-state index in [-0.39, 0.29) is 23.6 Å². The molecule has 4 heteroatoms. The molecule has 1 N–H and O–H groups in total. The van der Waals surface area contributed by atoms with Crippen LogP contribution >= 0.6 is 0 Å². The Bertz CT molecular complexity index is 273. The minimum Gasteiger partial charge on any atom is -0.375 e. The number of ether oxygens (including phenoxy) is 1. The van der Waals surface area contributed by atoms with Gasteiger partial charge in [-0.3, -0.25) is 4.79 Å². The van der Waals surface area contributed by atoms with Gasteiger partial charge in [-0.15, -0.1) is 0 Å². The number of amides is 1. The Hall–Kier alpha value is -0.610. The van der Waals surface area contributed by atoms with E-state index in [4.69, 9.17) is 4.74 Å². The van der Waals surface area contributed by atoms with E-state index in [0.29, 0.717) is 13.0 Å². The van der Waals surface area contributed by atoms with Gasteiger partial charge in [0, 0.05) is 25.0 Å². The molecule has 0 bridgehead atoms. The zero-order valence-corrected chi connectivity index (χ0v) is 12.5. The zero-order chi connectivity index (χ0) is 13.8. The van der Waals surface area contributed by atoms with Crippen LogP contribution in [0.2, 0.25) is 0 Å². The van der Waals surface area contributed by atoms with E-state index in [9.17, 15) is 4.79 Å². The second-order valence-corrected chi connectivity index (χ2v) is 6.18. The van der Waals surface area contributed by atoms with Gasteiger partial charge in [-0.05, 0) is 34.1 Å². The molecule has 1 fully saturated rings. The molecule has 1 heterocycles. The first-order chi connectivity index (χ1) is 8.33. The van der Waals surface area contributed by atoms with Crippen LogP contribution in [-0.2, 0) is 9.53 Å². The Kier molecular flexibility index (Phi) is 5.60. The summed E-state index contributed by atoms with van der Waals surface area (Å²) in [4.78, 5) is 14.2. The van der Waals surface area contributed by atoms with Crippen LogP contribution in [0.1, 0.15) is 47.5 Å². The molecule has 0 spiro atoms. The van der Waals surface area contributed by atoms with E-state index < -0.39 is 0 Å². The first-order valence-corrected chi connectivity index (χ1v) is 6.99. The van der Waals surface area contributed by atoms with Crippen LogP contribution < -0.4 is 5.32 Å². The second-order valence-electron chi connectivity index (χ2n) is 6.18. The van der Waals surface area contributed by atoms with Crippen LogP contribution in [0.5, 0.6) is 0 Å². The topological polar surface area (TPSA) is 41.6 Å². The van der Waals surface area contributed by atoms with Gasteiger partial charge in [-0.2, -0.15) is 0 Å². The number of nitrogens with zero attached hydrogens (tertiary/aromatic N) is 1. The Morgan fingerprint density at radius 1 is 1.44 bits per heavy atom. The van der Waals surface area contributed by atoms with Crippen molar-refractivity contribution in [2.24, 2.45) is 0 Å². The van der Waals surface area contributed by atoms with Crippen LogP contribution in [-0.4, -0.2) is 48.2 Å². The zero-order valence-electron chi connectivity index (χ0n) is 12.5. The molecule has 0 aromatic rings. The van der Waals surface area contributed by atoms with Crippen LogP contribution in [0.4, 0.5) is 0 Å². The van der Waals surface area contributed by atoms with E-state index in [1.54, 1.807) is 0 Å². The van der Waals surface area contributed by atoms with Crippen molar-refractivity contribution < 1.29 is 9.53 Å². The summed E-state index contributed by atoms with van der Waals surface area (Å²) in [5, 5.41) is 3.36. The van der Waals surface area contributed by atoms with Crippen molar-refractivity contribution in [1.29, 1.82) is 0 Å². The lowest BCUT2D eigenvalue weighted by atomic mass is 10.1. The molecule has 106 valence electrons. The fourth-order valence-electron chi connectivity index (χ4n) is 2.18. The molecule has 0 saturated carbocycles. The predicted molar refractivity (Wildman–Crippen MR) is 73.6 cm³/mol. The van der Waals surface area contributed by atoms with Gasteiger partial charge in [0.2, 0.25) is 5.91 Å². The molecular formula is C14H28N2O2. The lowest BCUT2D eigenvalue weighted by molar-refractivity contribution is -0.144. The lowest BCUT2D eigenvalue weighted by Crippen LogP contribution is -2.52. The largest absolute Gasteiger partial charge is 0.375 e. The fraction of sp³-hybridized carbons (Fsp3) is 0.929. The molecule has 0 aromatic carbocycles. The SMILES string of the molecule is CCC1COC(C)CN1C(=O)CCNC(C)(C)C. The average Bonchev–Trinajstić information content (AvgIpc) is 2.27. The highest BCUT2D eigenvalue weighted by Crippen LogP contribution is 2.15. The first-order valence-electron chi connectivity index (χ1n) is 6.99. The Morgan fingerprint density at radius 3 is 2.67 bits per heavy atom.